The van der Waals surface area contributed by atoms with Gasteiger partial charge < -0.3 is 4.90 Å². The number of hydrogen-bond donors (Lipinski definition) is 0. The van der Waals surface area contributed by atoms with E-state index in [1.54, 1.807) is 24.3 Å². The lowest BCUT2D eigenvalue weighted by atomic mass is 9.97. The van der Waals surface area contributed by atoms with Gasteiger partial charge in [-0.2, -0.15) is 0 Å². The van der Waals surface area contributed by atoms with E-state index in [-0.39, 0.29) is 0 Å². The largest absolute Gasteiger partial charge is 0.348 e. The lowest BCUT2D eigenvalue weighted by Crippen LogP contribution is -2.27. The monoisotopic (exact) mass is 291 g/mol. The van der Waals surface area contributed by atoms with Crippen molar-refractivity contribution in [3.05, 3.63) is 78.0 Å². The summed E-state index contributed by atoms with van der Waals surface area (Å²) in [7, 11) is 0. The number of rotatable bonds is 4. The molecule has 1 aliphatic heterocycles. The molecule has 0 atom stereocenters. The van der Waals surface area contributed by atoms with E-state index in [0.29, 0.717) is 17.6 Å². The molecule has 0 spiro atoms. The molecule has 1 heterocycles. The molecule has 0 aromatic heterocycles. The zero-order valence-corrected chi connectivity index (χ0v) is 12.2. The number of benzene rings is 2. The maximum Gasteiger partial charge on any atom is 0.233 e. The highest BCUT2D eigenvalue weighted by Gasteiger charge is 2.23. The maximum absolute atomic E-state index is 12.4. The van der Waals surface area contributed by atoms with Crippen LogP contribution in [0, 0.1) is 0 Å². The summed E-state index contributed by atoms with van der Waals surface area (Å²) >= 11 is 0. The molecule has 110 valence electrons. The minimum atomic E-state index is -0.429. The molecule has 22 heavy (non-hydrogen) atoms. The molecular weight excluding hydrogens is 274 g/mol. The van der Waals surface area contributed by atoms with Crippen molar-refractivity contribution in [1.29, 1.82) is 0 Å². The molecular formula is C19H17NO2. The highest BCUT2D eigenvalue weighted by Crippen LogP contribution is 2.23. The molecule has 1 aliphatic rings. The Bertz CT molecular complexity index is 705. The first-order valence-electron chi connectivity index (χ1n) is 7.42. The number of Topliss-reactive ketones (excluding diaryl/α,β-unsaturated/α-hetero) is 2. The minimum absolute atomic E-state index is 0.396. The Labute approximate surface area is 129 Å². The van der Waals surface area contributed by atoms with Gasteiger partial charge in [0.05, 0.1) is 0 Å². The lowest BCUT2D eigenvalue weighted by molar-refractivity contribution is -0.112. The first kappa shape index (κ1) is 14.3. The number of anilines is 1. The molecule has 0 saturated carbocycles. The topological polar surface area (TPSA) is 37.4 Å². The number of carbonyl (C=O) groups excluding carboxylic acids is 2. The average molecular weight is 291 g/mol. The Balaban J connectivity index is 1.83. The molecule has 3 rings (SSSR count). The second kappa shape index (κ2) is 6.39. The van der Waals surface area contributed by atoms with Crippen molar-refractivity contribution in [2.75, 3.05) is 11.4 Å². The number of ketones is 2. The third-order valence-electron chi connectivity index (χ3n) is 3.78. The average Bonchev–Trinajstić information content (AvgIpc) is 2.62. The Morgan fingerprint density at radius 3 is 2.14 bits per heavy atom. The lowest BCUT2D eigenvalue weighted by Gasteiger charge is -2.26. The van der Waals surface area contributed by atoms with Gasteiger partial charge in [-0.05, 0) is 25.0 Å². The van der Waals surface area contributed by atoms with E-state index in [1.165, 1.54) is 0 Å². The summed E-state index contributed by atoms with van der Waals surface area (Å²) in [5, 5.41) is 0. The van der Waals surface area contributed by atoms with Gasteiger partial charge in [0.25, 0.3) is 0 Å². The summed E-state index contributed by atoms with van der Waals surface area (Å²) in [5.74, 6) is -0.825. The van der Waals surface area contributed by atoms with Crippen LogP contribution in [0.3, 0.4) is 0 Å². The fraction of sp³-hybridized carbons (Fsp3) is 0.158. The van der Waals surface area contributed by atoms with E-state index in [2.05, 4.69) is 0 Å². The summed E-state index contributed by atoms with van der Waals surface area (Å²) in [4.78, 5) is 26.7. The normalized spacial score (nSPS) is 14.4. The first-order chi connectivity index (χ1) is 10.8. The van der Waals surface area contributed by atoms with Crippen LogP contribution in [0.2, 0.25) is 0 Å². The van der Waals surface area contributed by atoms with Crippen LogP contribution in [-0.2, 0) is 4.79 Å². The van der Waals surface area contributed by atoms with Crippen LogP contribution in [0.1, 0.15) is 23.2 Å². The van der Waals surface area contributed by atoms with E-state index in [1.807, 2.05) is 47.5 Å². The zero-order valence-electron chi connectivity index (χ0n) is 12.2. The van der Waals surface area contributed by atoms with Gasteiger partial charge in [-0.25, -0.2) is 0 Å². The van der Waals surface area contributed by atoms with E-state index in [4.69, 9.17) is 0 Å². The molecule has 2 aromatic carbocycles. The van der Waals surface area contributed by atoms with E-state index in [0.717, 1.165) is 18.7 Å². The van der Waals surface area contributed by atoms with Crippen LogP contribution >= 0.6 is 0 Å². The maximum atomic E-state index is 12.4. The summed E-state index contributed by atoms with van der Waals surface area (Å²) < 4.78 is 0. The van der Waals surface area contributed by atoms with Gasteiger partial charge in [0.1, 0.15) is 0 Å². The van der Waals surface area contributed by atoms with Crippen LogP contribution in [0.4, 0.5) is 5.69 Å². The highest BCUT2D eigenvalue weighted by molar-refractivity contribution is 6.49. The number of hydrogen-bond acceptors (Lipinski definition) is 3. The molecule has 2 aromatic rings. The van der Waals surface area contributed by atoms with Crippen molar-refractivity contribution in [1.82, 2.24) is 0 Å². The quantitative estimate of drug-likeness (QED) is 0.638. The van der Waals surface area contributed by atoms with Crippen LogP contribution in [0.25, 0.3) is 0 Å². The van der Waals surface area contributed by atoms with Crippen molar-refractivity contribution in [2.45, 2.75) is 12.8 Å². The van der Waals surface area contributed by atoms with Crippen LogP contribution in [0.5, 0.6) is 0 Å². The Hall–Kier alpha value is -2.68. The van der Waals surface area contributed by atoms with Gasteiger partial charge in [-0.15, -0.1) is 0 Å². The third kappa shape index (κ3) is 2.98. The van der Waals surface area contributed by atoms with Crippen molar-refractivity contribution in [3.8, 4) is 0 Å². The predicted octanol–water partition coefficient (Wildman–Crippen LogP) is 3.62. The molecule has 0 radical (unpaired) electrons. The predicted molar refractivity (Wildman–Crippen MR) is 86.9 cm³/mol. The van der Waals surface area contributed by atoms with Crippen molar-refractivity contribution in [2.24, 2.45) is 0 Å². The van der Waals surface area contributed by atoms with Crippen molar-refractivity contribution < 1.29 is 9.59 Å². The SMILES string of the molecule is O=C(C(=O)c1ccccc1)C1=CN(c2ccccc2)CCC1. The van der Waals surface area contributed by atoms with Gasteiger partial charge in [-0.3, -0.25) is 9.59 Å². The fourth-order valence-corrected chi connectivity index (χ4v) is 2.62. The highest BCUT2D eigenvalue weighted by atomic mass is 16.2. The van der Waals surface area contributed by atoms with E-state index >= 15 is 0 Å². The fourth-order valence-electron chi connectivity index (χ4n) is 2.62. The van der Waals surface area contributed by atoms with Gasteiger partial charge >= 0.3 is 0 Å². The van der Waals surface area contributed by atoms with Crippen molar-refractivity contribution in [3.63, 3.8) is 0 Å². The van der Waals surface area contributed by atoms with Crippen LogP contribution in [-0.4, -0.2) is 18.1 Å². The third-order valence-corrected chi connectivity index (χ3v) is 3.78. The molecule has 0 aliphatic carbocycles. The van der Waals surface area contributed by atoms with Gasteiger partial charge in [0.2, 0.25) is 11.6 Å². The van der Waals surface area contributed by atoms with Gasteiger partial charge in [-0.1, -0.05) is 48.5 Å². The molecule has 3 nitrogen and oxygen atoms in total. The molecule has 0 bridgehead atoms. The molecule has 0 unspecified atom stereocenters. The summed E-state index contributed by atoms with van der Waals surface area (Å²) in [5.41, 5.74) is 2.08. The first-order valence-corrected chi connectivity index (χ1v) is 7.42. The molecule has 0 fully saturated rings. The second-order valence-electron chi connectivity index (χ2n) is 5.31. The van der Waals surface area contributed by atoms with Gasteiger partial charge in [0, 0.05) is 29.6 Å². The molecule has 0 N–H and O–H groups in total. The molecule has 3 heteroatoms. The standard InChI is InChI=1S/C19H17NO2/c21-18(15-8-3-1-4-9-15)19(22)16-10-7-13-20(14-16)17-11-5-2-6-12-17/h1-6,8-9,11-12,14H,7,10,13H2. The second-order valence-corrected chi connectivity index (χ2v) is 5.31. The Morgan fingerprint density at radius 2 is 1.45 bits per heavy atom. The van der Waals surface area contributed by atoms with E-state index in [9.17, 15) is 9.59 Å². The summed E-state index contributed by atoms with van der Waals surface area (Å²) in [6.45, 7) is 0.861. The Morgan fingerprint density at radius 1 is 0.818 bits per heavy atom. The Kier molecular flexibility index (Phi) is 4.15. The molecule has 0 amide bonds. The zero-order chi connectivity index (χ0) is 15.4. The minimum Gasteiger partial charge on any atom is -0.348 e. The number of nitrogens with zero attached hydrogens (tertiary/aromatic N) is 1. The molecule has 0 saturated heterocycles. The van der Waals surface area contributed by atoms with E-state index < -0.39 is 11.6 Å². The number of para-hydroxylation sites is 1. The van der Waals surface area contributed by atoms with Crippen LogP contribution in [0.15, 0.2) is 72.4 Å². The number of allylic oxidation sites excluding steroid dienone is 1. The summed E-state index contributed by atoms with van der Waals surface area (Å²) in [6, 6.07) is 18.6. The smallest absolute Gasteiger partial charge is 0.233 e. The number of carbonyl (C=O) groups is 2. The van der Waals surface area contributed by atoms with Gasteiger partial charge in [0.15, 0.2) is 0 Å². The van der Waals surface area contributed by atoms with Crippen molar-refractivity contribution >= 4 is 17.3 Å². The van der Waals surface area contributed by atoms with Crippen LogP contribution < -0.4 is 4.90 Å². The summed E-state index contributed by atoms with van der Waals surface area (Å²) in [6.07, 6.45) is 3.34.